The number of carbonyl (C=O) groups is 1. The third-order valence-corrected chi connectivity index (χ3v) is 5.53. The van der Waals surface area contributed by atoms with E-state index in [0.717, 1.165) is 21.6 Å². The third-order valence-electron chi connectivity index (χ3n) is 3.63. The van der Waals surface area contributed by atoms with Crippen molar-refractivity contribution in [3.8, 4) is 21.6 Å². The Labute approximate surface area is 148 Å². The topological polar surface area (TPSA) is 26.3 Å². The fourth-order valence-corrected chi connectivity index (χ4v) is 3.91. The Kier molecular flexibility index (Phi) is 5.02. The van der Waals surface area contributed by atoms with Crippen molar-refractivity contribution in [2.24, 2.45) is 0 Å². The summed E-state index contributed by atoms with van der Waals surface area (Å²) in [5.74, 6) is -0.648. The van der Waals surface area contributed by atoms with Gasteiger partial charge >= 0.3 is 5.97 Å². The second-order valence-electron chi connectivity index (χ2n) is 5.08. The van der Waals surface area contributed by atoms with E-state index in [1.54, 1.807) is 23.9 Å². The number of rotatable bonds is 4. The van der Waals surface area contributed by atoms with Crippen LogP contribution in [0.5, 0.6) is 0 Å². The highest BCUT2D eigenvalue weighted by atomic mass is 32.2. The largest absolute Gasteiger partial charge is 0.465 e. The fraction of sp³-hybridized carbons (Fsp3) is 0.105. The van der Waals surface area contributed by atoms with Gasteiger partial charge in [0.15, 0.2) is 0 Å². The van der Waals surface area contributed by atoms with Crippen molar-refractivity contribution in [1.29, 1.82) is 0 Å². The summed E-state index contributed by atoms with van der Waals surface area (Å²) in [7, 11) is 1.37. The monoisotopic (exact) mass is 358 g/mol. The van der Waals surface area contributed by atoms with Crippen LogP contribution in [0.2, 0.25) is 0 Å². The van der Waals surface area contributed by atoms with Gasteiger partial charge in [-0.05, 0) is 47.7 Å². The number of methoxy groups -OCH3 is 1. The SMILES string of the molecule is COC(=O)c1cc(-c2ccc(SC)cc2)c(-c2ccc(F)cc2)s1. The zero-order valence-corrected chi connectivity index (χ0v) is 14.8. The number of hydrogen-bond acceptors (Lipinski definition) is 4. The molecule has 0 saturated carbocycles. The summed E-state index contributed by atoms with van der Waals surface area (Å²) in [5.41, 5.74) is 2.83. The molecule has 0 aliphatic rings. The van der Waals surface area contributed by atoms with Gasteiger partial charge in [0.2, 0.25) is 0 Å². The maximum Gasteiger partial charge on any atom is 0.348 e. The highest BCUT2D eigenvalue weighted by Crippen LogP contribution is 2.40. The second kappa shape index (κ2) is 7.20. The minimum atomic E-state index is -0.365. The zero-order valence-electron chi connectivity index (χ0n) is 13.2. The number of thiophene rings is 1. The molecule has 0 bridgehead atoms. The first kappa shape index (κ1) is 16.7. The first-order valence-corrected chi connectivity index (χ1v) is 9.29. The summed E-state index contributed by atoms with van der Waals surface area (Å²) in [5, 5.41) is 0. The van der Waals surface area contributed by atoms with Crippen LogP contribution in [0.4, 0.5) is 4.39 Å². The molecule has 0 amide bonds. The number of halogens is 1. The maximum atomic E-state index is 13.2. The molecule has 0 saturated heterocycles. The van der Waals surface area contributed by atoms with Crippen LogP contribution >= 0.6 is 23.1 Å². The molecular formula is C19H15FO2S2. The van der Waals surface area contributed by atoms with E-state index in [-0.39, 0.29) is 11.8 Å². The van der Waals surface area contributed by atoms with Crippen LogP contribution in [-0.4, -0.2) is 19.3 Å². The lowest BCUT2D eigenvalue weighted by Gasteiger charge is -2.05. The summed E-state index contributed by atoms with van der Waals surface area (Å²) in [6.45, 7) is 0. The second-order valence-corrected chi connectivity index (χ2v) is 7.01. The number of carbonyl (C=O) groups excluding carboxylic acids is 1. The zero-order chi connectivity index (χ0) is 17.1. The predicted octanol–water partition coefficient (Wildman–Crippen LogP) is 5.73. The van der Waals surface area contributed by atoms with Crippen LogP contribution in [0.1, 0.15) is 9.67 Å². The highest BCUT2D eigenvalue weighted by molar-refractivity contribution is 7.98. The maximum absolute atomic E-state index is 13.2. The molecule has 0 atom stereocenters. The van der Waals surface area contributed by atoms with E-state index in [1.807, 2.05) is 36.6 Å². The van der Waals surface area contributed by atoms with Crippen molar-refractivity contribution in [3.63, 3.8) is 0 Å². The quantitative estimate of drug-likeness (QED) is 0.440. The minimum Gasteiger partial charge on any atom is -0.465 e. The van der Waals surface area contributed by atoms with Crippen LogP contribution < -0.4 is 0 Å². The summed E-state index contributed by atoms with van der Waals surface area (Å²) in [6.07, 6.45) is 2.03. The summed E-state index contributed by atoms with van der Waals surface area (Å²) >= 11 is 3.03. The Balaban J connectivity index is 2.13. The summed E-state index contributed by atoms with van der Waals surface area (Å²) in [6, 6.07) is 16.3. The van der Waals surface area contributed by atoms with Gasteiger partial charge in [-0.25, -0.2) is 9.18 Å². The number of esters is 1. The lowest BCUT2D eigenvalue weighted by Crippen LogP contribution is -1.96. The molecule has 2 aromatic carbocycles. The number of hydrogen-bond donors (Lipinski definition) is 0. The fourth-order valence-electron chi connectivity index (χ4n) is 2.39. The molecule has 0 unspecified atom stereocenters. The molecule has 3 aromatic rings. The lowest BCUT2D eigenvalue weighted by atomic mass is 10.0. The van der Waals surface area contributed by atoms with Gasteiger partial charge in [-0.1, -0.05) is 24.3 Å². The minimum absolute atomic E-state index is 0.283. The summed E-state index contributed by atoms with van der Waals surface area (Å²) < 4.78 is 18.1. The van der Waals surface area contributed by atoms with Crippen molar-refractivity contribution >= 4 is 29.1 Å². The Morgan fingerprint density at radius 3 is 2.25 bits per heavy atom. The van der Waals surface area contributed by atoms with Gasteiger partial charge in [0, 0.05) is 15.3 Å². The first-order chi connectivity index (χ1) is 11.6. The molecule has 0 spiro atoms. The van der Waals surface area contributed by atoms with Crippen LogP contribution in [-0.2, 0) is 4.74 Å². The molecular weight excluding hydrogens is 343 g/mol. The van der Waals surface area contributed by atoms with Gasteiger partial charge in [-0.2, -0.15) is 0 Å². The number of ether oxygens (including phenoxy) is 1. The molecule has 0 aliphatic carbocycles. The van der Waals surface area contributed by atoms with Gasteiger partial charge < -0.3 is 4.74 Å². The van der Waals surface area contributed by atoms with Gasteiger partial charge in [0.05, 0.1) is 7.11 Å². The van der Waals surface area contributed by atoms with Gasteiger partial charge in [-0.15, -0.1) is 23.1 Å². The van der Waals surface area contributed by atoms with Crippen LogP contribution in [0.15, 0.2) is 59.5 Å². The van der Waals surface area contributed by atoms with Crippen LogP contribution in [0.25, 0.3) is 21.6 Å². The molecule has 1 heterocycles. The average molecular weight is 358 g/mol. The molecule has 3 rings (SSSR count). The Bertz CT molecular complexity index is 852. The van der Waals surface area contributed by atoms with Crippen molar-refractivity contribution in [1.82, 2.24) is 0 Å². The van der Waals surface area contributed by atoms with E-state index >= 15 is 0 Å². The third kappa shape index (κ3) is 3.37. The molecule has 0 radical (unpaired) electrons. The Morgan fingerprint density at radius 1 is 1.04 bits per heavy atom. The Hall–Kier alpha value is -2.11. The van der Waals surface area contributed by atoms with Crippen molar-refractivity contribution in [2.45, 2.75) is 4.90 Å². The smallest absolute Gasteiger partial charge is 0.348 e. The van der Waals surface area contributed by atoms with Crippen molar-refractivity contribution < 1.29 is 13.9 Å². The molecule has 0 fully saturated rings. The molecule has 5 heteroatoms. The van der Waals surface area contributed by atoms with Gasteiger partial charge in [0.1, 0.15) is 10.7 Å². The normalized spacial score (nSPS) is 10.6. The van der Waals surface area contributed by atoms with Crippen molar-refractivity contribution in [2.75, 3.05) is 13.4 Å². The van der Waals surface area contributed by atoms with E-state index in [0.29, 0.717) is 4.88 Å². The molecule has 122 valence electrons. The van der Waals surface area contributed by atoms with E-state index < -0.39 is 0 Å². The van der Waals surface area contributed by atoms with Gasteiger partial charge in [0.25, 0.3) is 0 Å². The Morgan fingerprint density at radius 2 is 1.67 bits per heavy atom. The molecule has 24 heavy (non-hydrogen) atoms. The number of thioether (sulfide) groups is 1. The molecule has 0 aliphatic heterocycles. The average Bonchev–Trinajstić information content (AvgIpc) is 3.07. The standard InChI is InChI=1S/C19H15FO2S2/c1-22-19(21)17-11-16(12-5-9-15(23-2)10-6-12)18(24-17)13-3-7-14(20)8-4-13/h3-11H,1-2H3. The predicted molar refractivity (Wildman–Crippen MR) is 98.3 cm³/mol. The lowest BCUT2D eigenvalue weighted by molar-refractivity contribution is 0.0606. The molecule has 2 nitrogen and oxygen atoms in total. The first-order valence-electron chi connectivity index (χ1n) is 7.25. The van der Waals surface area contributed by atoms with E-state index in [9.17, 15) is 9.18 Å². The van der Waals surface area contributed by atoms with Crippen LogP contribution in [0.3, 0.4) is 0 Å². The van der Waals surface area contributed by atoms with Crippen molar-refractivity contribution in [3.05, 3.63) is 65.3 Å². The highest BCUT2D eigenvalue weighted by Gasteiger charge is 2.17. The van der Waals surface area contributed by atoms with E-state index in [4.69, 9.17) is 4.74 Å². The molecule has 0 N–H and O–H groups in total. The molecule has 1 aromatic heterocycles. The van der Waals surface area contributed by atoms with Gasteiger partial charge in [-0.3, -0.25) is 0 Å². The summed E-state index contributed by atoms with van der Waals surface area (Å²) in [4.78, 5) is 14.5. The van der Waals surface area contributed by atoms with E-state index in [1.165, 1.54) is 35.5 Å². The van der Waals surface area contributed by atoms with E-state index in [2.05, 4.69) is 0 Å². The number of benzene rings is 2. The van der Waals surface area contributed by atoms with Crippen LogP contribution in [0, 0.1) is 5.82 Å².